The summed E-state index contributed by atoms with van der Waals surface area (Å²) in [6.07, 6.45) is 1.59. The maximum atomic E-state index is 12.4. The van der Waals surface area contributed by atoms with E-state index < -0.39 is 17.8 Å². The summed E-state index contributed by atoms with van der Waals surface area (Å²) in [4.78, 5) is 39.9. The Labute approximate surface area is 149 Å². The maximum absolute atomic E-state index is 12.4. The zero-order chi connectivity index (χ0) is 17.8. The van der Waals surface area contributed by atoms with Gasteiger partial charge < -0.3 is 14.6 Å². The van der Waals surface area contributed by atoms with Crippen LogP contribution in [0.15, 0.2) is 40.3 Å². The number of hydrogen-bond donors (Lipinski definition) is 1. The highest BCUT2D eigenvalue weighted by atomic mass is 32.1. The van der Waals surface area contributed by atoms with Gasteiger partial charge in [-0.3, -0.25) is 14.5 Å². The second kappa shape index (κ2) is 7.52. The smallest absolute Gasteiger partial charge is 0.324 e. The van der Waals surface area contributed by atoms with Crippen LogP contribution in [0.4, 0.5) is 4.79 Å². The lowest BCUT2D eigenvalue weighted by Gasteiger charge is -2.32. The van der Waals surface area contributed by atoms with Gasteiger partial charge in [0.1, 0.15) is 5.76 Å². The molecule has 4 amide bonds. The standard InChI is InChI=1S/C17H19N3O4S/c1-2-19-7-8-20(16(22)15(19)21)17(23)18-11-12(13-5-3-9-24-13)14-6-4-10-25-14/h3-6,9-10,12H,2,7-8,11H2,1H3,(H,18,23)/t12-/m0/s1. The van der Waals surface area contributed by atoms with E-state index in [9.17, 15) is 14.4 Å². The Morgan fingerprint density at radius 1 is 1.28 bits per heavy atom. The fourth-order valence-electron chi connectivity index (χ4n) is 2.78. The van der Waals surface area contributed by atoms with Gasteiger partial charge in [-0.05, 0) is 30.5 Å². The molecule has 25 heavy (non-hydrogen) atoms. The summed E-state index contributed by atoms with van der Waals surface area (Å²) >= 11 is 1.57. The Bertz CT molecular complexity index is 708. The molecule has 1 atom stereocenters. The minimum Gasteiger partial charge on any atom is -0.469 e. The van der Waals surface area contributed by atoms with Crippen molar-refractivity contribution in [3.8, 4) is 0 Å². The molecule has 1 N–H and O–H groups in total. The molecule has 0 aliphatic carbocycles. The fraction of sp³-hybridized carbons (Fsp3) is 0.353. The Morgan fingerprint density at radius 2 is 2.12 bits per heavy atom. The van der Waals surface area contributed by atoms with Crippen LogP contribution in [0.25, 0.3) is 0 Å². The quantitative estimate of drug-likeness (QED) is 0.824. The molecule has 1 aliphatic rings. The van der Waals surface area contributed by atoms with Gasteiger partial charge in [0.25, 0.3) is 0 Å². The molecular formula is C17H19N3O4S. The van der Waals surface area contributed by atoms with E-state index in [1.807, 2.05) is 23.6 Å². The molecule has 2 aromatic heterocycles. The SMILES string of the molecule is CCN1CCN(C(=O)NC[C@@H](c2ccco2)c2cccs2)C(=O)C1=O. The number of carbonyl (C=O) groups excluding carboxylic acids is 3. The molecule has 0 spiro atoms. The van der Waals surface area contributed by atoms with Gasteiger partial charge in [0.05, 0.1) is 12.2 Å². The lowest BCUT2D eigenvalue weighted by molar-refractivity contribution is -0.153. The topological polar surface area (TPSA) is 82.9 Å². The van der Waals surface area contributed by atoms with Gasteiger partial charge in [0.2, 0.25) is 0 Å². The van der Waals surface area contributed by atoms with E-state index in [2.05, 4.69) is 5.32 Å². The third-order valence-electron chi connectivity index (χ3n) is 4.17. The van der Waals surface area contributed by atoms with Crippen LogP contribution in [0, 0.1) is 0 Å². The summed E-state index contributed by atoms with van der Waals surface area (Å²) in [5.74, 6) is -0.816. The number of furan rings is 1. The summed E-state index contributed by atoms with van der Waals surface area (Å²) < 4.78 is 5.48. The molecule has 0 aromatic carbocycles. The number of urea groups is 1. The number of thiophene rings is 1. The van der Waals surface area contributed by atoms with Gasteiger partial charge in [0.15, 0.2) is 0 Å². The molecule has 132 valence electrons. The van der Waals surface area contributed by atoms with Gasteiger partial charge in [-0.25, -0.2) is 4.79 Å². The summed E-state index contributed by atoms with van der Waals surface area (Å²) in [6, 6.07) is 7.00. The molecule has 3 rings (SSSR count). The summed E-state index contributed by atoms with van der Waals surface area (Å²) in [5, 5.41) is 4.71. The Balaban J connectivity index is 1.66. The van der Waals surface area contributed by atoms with Crippen molar-refractivity contribution in [2.75, 3.05) is 26.2 Å². The number of rotatable bonds is 5. The first kappa shape index (κ1) is 17.2. The predicted molar refractivity (Wildman–Crippen MR) is 92.2 cm³/mol. The van der Waals surface area contributed by atoms with Crippen molar-refractivity contribution in [2.24, 2.45) is 0 Å². The van der Waals surface area contributed by atoms with E-state index in [1.165, 1.54) is 4.90 Å². The van der Waals surface area contributed by atoms with E-state index in [4.69, 9.17) is 4.42 Å². The number of piperazine rings is 1. The molecule has 8 heteroatoms. The molecule has 0 bridgehead atoms. The number of nitrogens with zero attached hydrogens (tertiary/aromatic N) is 2. The van der Waals surface area contributed by atoms with E-state index in [-0.39, 0.29) is 19.0 Å². The zero-order valence-electron chi connectivity index (χ0n) is 13.8. The molecule has 7 nitrogen and oxygen atoms in total. The molecular weight excluding hydrogens is 342 g/mol. The number of nitrogens with one attached hydrogen (secondary N) is 1. The van der Waals surface area contributed by atoms with Crippen LogP contribution < -0.4 is 5.32 Å². The minimum atomic E-state index is -0.781. The lowest BCUT2D eigenvalue weighted by Crippen LogP contribution is -2.58. The number of likely N-dealkylation sites (N-methyl/N-ethyl adjacent to an activating group) is 1. The van der Waals surface area contributed by atoms with Gasteiger partial charge in [0, 0.05) is 31.1 Å². The number of carbonyl (C=O) groups is 3. The van der Waals surface area contributed by atoms with Crippen LogP contribution in [0.1, 0.15) is 23.5 Å². The van der Waals surface area contributed by atoms with Crippen molar-refractivity contribution in [2.45, 2.75) is 12.8 Å². The van der Waals surface area contributed by atoms with Crippen LogP contribution in [0.2, 0.25) is 0 Å². The van der Waals surface area contributed by atoms with Gasteiger partial charge in [-0.2, -0.15) is 0 Å². The van der Waals surface area contributed by atoms with Crippen LogP contribution in [-0.2, 0) is 9.59 Å². The summed E-state index contributed by atoms with van der Waals surface area (Å²) in [7, 11) is 0. The van der Waals surface area contributed by atoms with Gasteiger partial charge in [-0.15, -0.1) is 11.3 Å². The normalized spacial score (nSPS) is 16.2. The Kier molecular flexibility index (Phi) is 5.18. The molecule has 2 aromatic rings. The fourth-order valence-corrected chi connectivity index (χ4v) is 3.61. The molecule has 0 unspecified atom stereocenters. The molecule has 1 aliphatic heterocycles. The van der Waals surface area contributed by atoms with Gasteiger partial charge >= 0.3 is 17.8 Å². The van der Waals surface area contributed by atoms with Gasteiger partial charge in [-0.1, -0.05) is 6.07 Å². The number of imide groups is 1. The average molecular weight is 361 g/mol. The van der Waals surface area contributed by atoms with Crippen LogP contribution in [-0.4, -0.2) is 53.8 Å². The third-order valence-corrected chi connectivity index (χ3v) is 5.15. The monoisotopic (exact) mass is 361 g/mol. The highest BCUT2D eigenvalue weighted by Crippen LogP contribution is 2.28. The molecule has 3 heterocycles. The van der Waals surface area contributed by atoms with E-state index in [0.29, 0.717) is 13.1 Å². The second-order valence-corrected chi connectivity index (χ2v) is 6.59. The Hall–Kier alpha value is -2.61. The lowest BCUT2D eigenvalue weighted by atomic mass is 10.0. The third kappa shape index (κ3) is 3.58. The average Bonchev–Trinajstić information content (AvgIpc) is 3.31. The molecule has 1 fully saturated rings. The van der Waals surface area contributed by atoms with E-state index in [0.717, 1.165) is 15.5 Å². The molecule has 0 radical (unpaired) electrons. The van der Waals surface area contributed by atoms with Crippen molar-refractivity contribution < 1.29 is 18.8 Å². The second-order valence-electron chi connectivity index (χ2n) is 5.61. The highest BCUT2D eigenvalue weighted by Gasteiger charge is 2.35. The summed E-state index contributed by atoms with van der Waals surface area (Å²) in [5.41, 5.74) is 0. The van der Waals surface area contributed by atoms with Crippen molar-refractivity contribution >= 4 is 29.2 Å². The van der Waals surface area contributed by atoms with Crippen molar-refractivity contribution in [1.82, 2.24) is 15.1 Å². The van der Waals surface area contributed by atoms with E-state index >= 15 is 0 Å². The van der Waals surface area contributed by atoms with E-state index in [1.54, 1.807) is 30.6 Å². The maximum Gasteiger partial charge on any atom is 0.324 e. The number of hydrogen-bond acceptors (Lipinski definition) is 5. The van der Waals surface area contributed by atoms with Crippen LogP contribution in [0.5, 0.6) is 0 Å². The predicted octanol–water partition coefficient (Wildman–Crippen LogP) is 1.87. The zero-order valence-corrected chi connectivity index (χ0v) is 14.6. The first-order valence-electron chi connectivity index (χ1n) is 8.07. The highest BCUT2D eigenvalue weighted by molar-refractivity contribution is 7.10. The molecule has 0 saturated carbocycles. The van der Waals surface area contributed by atoms with Crippen LogP contribution >= 0.6 is 11.3 Å². The van der Waals surface area contributed by atoms with Crippen molar-refractivity contribution in [1.29, 1.82) is 0 Å². The summed E-state index contributed by atoms with van der Waals surface area (Å²) in [6.45, 7) is 3.10. The number of amides is 4. The first-order valence-corrected chi connectivity index (χ1v) is 8.95. The Morgan fingerprint density at radius 3 is 2.76 bits per heavy atom. The largest absolute Gasteiger partial charge is 0.469 e. The minimum absolute atomic E-state index is 0.137. The molecule has 1 saturated heterocycles. The van der Waals surface area contributed by atoms with Crippen LogP contribution in [0.3, 0.4) is 0 Å². The van der Waals surface area contributed by atoms with Crippen molar-refractivity contribution in [3.05, 3.63) is 46.5 Å². The first-order chi connectivity index (χ1) is 12.1. The van der Waals surface area contributed by atoms with Crippen molar-refractivity contribution in [3.63, 3.8) is 0 Å².